The largest absolute Gasteiger partial charge is 0.256 e. The van der Waals surface area contributed by atoms with Crippen LogP contribution in [0.4, 0.5) is 0 Å². The van der Waals surface area contributed by atoms with Gasteiger partial charge in [-0.2, -0.15) is 0 Å². The zero-order valence-electron chi connectivity index (χ0n) is 18.2. The van der Waals surface area contributed by atoms with Crippen LogP contribution >= 0.6 is 0 Å². The van der Waals surface area contributed by atoms with E-state index >= 15 is 0 Å². The highest BCUT2D eigenvalue weighted by Gasteiger charge is 2.22. The average Bonchev–Trinajstić information content (AvgIpc) is 2.81. The molecule has 0 amide bonds. The average molecular weight is 443 g/mol. The molecule has 5 heteroatoms. The first-order chi connectivity index (χ1) is 15.4. The SMILES string of the molecule is Cc1ccc(S(=O)(=O)NCC(c2ccccc2)c2ccccc2-c2ccc(C)cn2)cc1. The van der Waals surface area contributed by atoms with Crippen LogP contribution in [0.15, 0.2) is 102 Å². The lowest BCUT2D eigenvalue weighted by atomic mass is 9.87. The molecule has 1 aromatic heterocycles. The number of hydrogen-bond acceptors (Lipinski definition) is 3. The van der Waals surface area contributed by atoms with Gasteiger partial charge >= 0.3 is 0 Å². The van der Waals surface area contributed by atoms with Crippen molar-refractivity contribution in [1.82, 2.24) is 9.71 Å². The van der Waals surface area contributed by atoms with E-state index in [9.17, 15) is 8.42 Å². The van der Waals surface area contributed by atoms with E-state index in [1.54, 1.807) is 12.1 Å². The van der Waals surface area contributed by atoms with Crippen molar-refractivity contribution in [2.75, 3.05) is 6.54 Å². The van der Waals surface area contributed by atoms with Crippen molar-refractivity contribution in [3.05, 3.63) is 119 Å². The van der Waals surface area contributed by atoms with E-state index in [4.69, 9.17) is 0 Å². The summed E-state index contributed by atoms with van der Waals surface area (Å²) in [5.74, 6) is -0.171. The number of sulfonamides is 1. The highest BCUT2D eigenvalue weighted by molar-refractivity contribution is 7.89. The minimum Gasteiger partial charge on any atom is -0.256 e. The van der Waals surface area contributed by atoms with Crippen LogP contribution in [0.1, 0.15) is 28.2 Å². The van der Waals surface area contributed by atoms with Gasteiger partial charge in [0.2, 0.25) is 10.0 Å². The van der Waals surface area contributed by atoms with Crippen molar-refractivity contribution in [3.8, 4) is 11.3 Å². The predicted molar refractivity (Wildman–Crippen MR) is 129 cm³/mol. The Bertz CT molecular complexity index is 1280. The molecule has 1 unspecified atom stereocenters. The Morgan fingerprint density at radius 1 is 0.781 bits per heavy atom. The van der Waals surface area contributed by atoms with Crippen LogP contribution in [0, 0.1) is 13.8 Å². The molecule has 0 radical (unpaired) electrons. The van der Waals surface area contributed by atoms with Crippen LogP contribution in [0.2, 0.25) is 0 Å². The van der Waals surface area contributed by atoms with Crippen molar-refractivity contribution in [2.24, 2.45) is 0 Å². The van der Waals surface area contributed by atoms with Gasteiger partial charge in [0, 0.05) is 24.2 Å². The Balaban J connectivity index is 1.72. The molecule has 0 spiro atoms. The van der Waals surface area contributed by atoms with Crippen LogP contribution in [0.25, 0.3) is 11.3 Å². The van der Waals surface area contributed by atoms with Gasteiger partial charge in [0.25, 0.3) is 0 Å². The summed E-state index contributed by atoms with van der Waals surface area (Å²) in [5, 5.41) is 0. The first-order valence-electron chi connectivity index (χ1n) is 10.6. The van der Waals surface area contributed by atoms with Gasteiger partial charge < -0.3 is 0 Å². The van der Waals surface area contributed by atoms with Gasteiger partial charge in [0.05, 0.1) is 10.6 Å². The fourth-order valence-electron chi connectivity index (χ4n) is 3.75. The van der Waals surface area contributed by atoms with E-state index in [1.807, 2.05) is 92.8 Å². The van der Waals surface area contributed by atoms with Crippen LogP contribution < -0.4 is 4.72 Å². The van der Waals surface area contributed by atoms with Gasteiger partial charge in [0.15, 0.2) is 0 Å². The van der Waals surface area contributed by atoms with E-state index in [1.165, 1.54) is 0 Å². The summed E-state index contributed by atoms with van der Waals surface area (Å²) in [7, 11) is -3.64. The smallest absolute Gasteiger partial charge is 0.240 e. The van der Waals surface area contributed by atoms with Crippen molar-refractivity contribution < 1.29 is 8.42 Å². The highest BCUT2D eigenvalue weighted by Crippen LogP contribution is 2.32. The maximum Gasteiger partial charge on any atom is 0.240 e. The number of benzene rings is 3. The topological polar surface area (TPSA) is 59.1 Å². The number of hydrogen-bond donors (Lipinski definition) is 1. The number of aryl methyl sites for hydroxylation is 2. The van der Waals surface area contributed by atoms with Gasteiger partial charge in [-0.3, -0.25) is 4.98 Å². The molecule has 4 nitrogen and oxygen atoms in total. The molecule has 0 saturated carbocycles. The first kappa shape index (κ1) is 21.9. The Kier molecular flexibility index (Phi) is 6.49. The molecule has 0 aliphatic heterocycles. The molecule has 0 saturated heterocycles. The monoisotopic (exact) mass is 442 g/mol. The minimum atomic E-state index is -3.64. The van der Waals surface area contributed by atoms with Crippen LogP contribution in [0.5, 0.6) is 0 Å². The minimum absolute atomic E-state index is 0.171. The third kappa shape index (κ3) is 4.96. The van der Waals surface area contributed by atoms with Crippen LogP contribution in [-0.2, 0) is 10.0 Å². The van der Waals surface area contributed by atoms with Crippen molar-refractivity contribution in [1.29, 1.82) is 0 Å². The normalized spacial score (nSPS) is 12.4. The standard InChI is InChI=1S/C27H26N2O2S/c1-20-12-15-23(16-13-20)32(30,31)29-19-26(22-8-4-3-5-9-22)24-10-6-7-11-25(24)27-17-14-21(2)18-28-27/h3-18,26,29H,19H2,1-2H3. The molecule has 1 N–H and O–H groups in total. The Morgan fingerprint density at radius 3 is 2.12 bits per heavy atom. The van der Waals surface area contributed by atoms with Crippen molar-refractivity contribution in [2.45, 2.75) is 24.7 Å². The van der Waals surface area contributed by atoms with Gasteiger partial charge in [-0.15, -0.1) is 0 Å². The second kappa shape index (κ2) is 9.47. The van der Waals surface area contributed by atoms with Crippen molar-refractivity contribution >= 4 is 10.0 Å². The van der Waals surface area contributed by atoms with Gasteiger partial charge in [-0.1, -0.05) is 78.4 Å². The van der Waals surface area contributed by atoms with Gasteiger partial charge in [-0.25, -0.2) is 13.1 Å². The number of nitrogens with zero attached hydrogens (tertiary/aromatic N) is 1. The fourth-order valence-corrected chi connectivity index (χ4v) is 4.79. The Labute approximate surface area is 190 Å². The molecule has 0 aliphatic rings. The van der Waals surface area contributed by atoms with Gasteiger partial charge in [-0.05, 0) is 48.7 Å². The first-order valence-corrected chi connectivity index (χ1v) is 12.1. The Morgan fingerprint density at radius 2 is 1.44 bits per heavy atom. The maximum atomic E-state index is 13.0. The maximum absolute atomic E-state index is 13.0. The molecule has 3 aromatic carbocycles. The number of aromatic nitrogens is 1. The van der Waals surface area contributed by atoms with Crippen molar-refractivity contribution in [3.63, 3.8) is 0 Å². The summed E-state index contributed by atoms with van der Waals surface area (Å²) >= 11 is 0. The third-order valence-electron chi connectivity index (χ3n) is 5.53. The molecule has 4 aromatic rings. The molecule has 32 heavy (non-hydrogen) atoms. The van der Waals surface area contributed by atoms with Crippen LogP contribution in [0.3, 0.4) is 0 Å². The molecule has 162 valence electrons. The second-order valence-electron chi connectivity index (χ2n) is 7.94. The molecular formula is C27H26N2O2S. The zero-order valence-corrected chi connectivity index (χ0v) is 19.0. The molecule has 4 rings (SSSR count). The Hall–Kier alpha value is -3.28. The van der Waals surface area contributed by atoms with Gasteiger partial charge in [0.1, 0.15) is 0 Å². The molecule has 0 bridgehead atoms. The summed E-state index contributed by atoms with van der Waals surface area (Å²) in [5.41, 5.74) is 6.05. The van der Waals surface area contributed by atoms with Crippen LogP contribution in [-0.4, -0.2) is 19.9 Å². The second-order valence-corrected chi connectivity index (χ2v) is 9.70. The number of nitrogens with one attached hydrogen (secondary N) is 1. The lowest BCUT2D eigenvalue weighted by Crippen LogP contribution is -2.29. The quantitative estimate of drug-likeness (QED) is 0.413. The third-order valence-corrected chi connectivity index (χ3v) is 6.97. The summed E-state index contributed by atoms with van der Waals surface area (Å²) in [6, 6.07) is 29.0. The van der Waals surface area contributed by atoms with E-state index < -0.39 is 10.0 Å². The summed E-state index contributed by atoms with van der Waals surface area (Å²) in [6.45, 7) is 4.18. The molecule has 1 atom stereocenters. The lowest BCUT2D eigenvalue weighted by Gasteiger charge is -2.22. The number of rotatable bonds is 7. The predicted octanol–water partition coefficient (Wildman–Crippen LogP) is 5.48. The fraction of sp³-hybridized carbons (Fsp3) is 0.148. The lowest BCUT2D eigenvalue weighted by molar-refractivity contribution is 0.577. The summed E-state index contributed by atoms with van der Waals surface area (Å²) in [4.78, 5) is 4.88. The summed E-state index contributed by atoms with van der Waals surface area (Å²) in [6.07, 6.45) is 1.85. The highest BCUT2D eigenvalue weighted by atomic mass is 32.2. The zero-order chi connectivity index (χ0) is 22.6. The molecule has 0 aliphatic carbocycles. The van der Waals surface area contributed by atoms with E-state index in [0.717, 1.165) is 33.5 Å². The molecular weight excluding hydrogens is 416 g/mol. The molecule has 0 fully saturated rings. The summed E-state index contributed by atoms with van der Waals surface area (Å²) < 4.78 is 28.8. The van der Waals surface area contributed by atoms with E-state index in [-0.39, 0.29) is 17.4 Å². The molecule has 1 heterocycles. The van der Waals surface area contributed by atoms with E-state index in [2.05, 4.69) is 15.8 Å². The number of pyridine rings is 1. The van der Waals surface area contributed by atoms with E-state index in [0.29, 0.717) is 0 Å².